The molecule has 0 saturated heterocycles. The molecule has 0 aromatic heterocycles. The highest BCUT2D eigenvalue weighted by Crippen LogP contribution is 2.28. The summed E-state index contributed by atoms with van der Waals surface area (Å²) in [6.45, 7) is 0. The number of non-ortho nitro benzene ring substituents is 1. The number of hydrazine groups is 1. The van der Waals surface area contributed by atoms with Gasteiger partial charge in [-0.25, -0.2) is 0 Å². The van der Waals surface area contributed by atoms with Crippen molar-refractivity contribution in [2.75, 3.05) is 5.43 Å². The molecule has 0 aliphatic heterocycles. The normalized spacial score (nSPS) is 10.3. The van der Waals surface area contributed by atoms with E-state index in [2.05, 4.69) is 10.9 Å². The van der Waals surface area contributed by atoms with Crippen molar-refractivity contribution in [2.24, 2.45) is 0 Å². The summed E-state index contributed by atoms with van der Waals surface area (Å²) in [5, 5.41) is 21.6. The summed E-state index contributed by atoms with van der Waals surface area (Å²) < 4.78 is 0. The van der Waals surface area contributed by atoms with Crippen LogP contribution in [0.15, 0.2) is 54.6 Å². The lowest BCUT2D eigenvalue weighted by Crippen LogP contribution is -2.27. The predicted molar refractivity (Wildman–Crippen MR) is 87.0 cm³/mol. The molecular formula is C15H12N4O5. The fourth-order valence-corrected chi connectivity index (χ4v) is 1.80. The minimum atomic E-state index is -0.776. The van der Waals surface area contributed by atoms with Crippen LogP contribution < -0.4 is 10.9 Å². The van der Waals surface area contributed by atoms with Gasteiger partial charge in [0.25, 0.3) is 11.6 Å². The minimum absolute atomic E-state index is 0.0629. The molecule has 122 valence electrons. The van der Waals surface area contributed by atoms with Crippen molar-refractivity contribution in [2.45, 2.75) is 0 Å². The van der Waals surface area contributed by atoms with Crippen molar-refractivity contribution in [3.05, 3.63) is 80.4 Å². The van der Waals surface area contributed by atoms with Gasteiger partial charge in [-0.3, -0.25) is 35.9 Å². The van der Waals surface area contributed by atoms with Crippen molar-refractivity contribution >= 4 is 29.0 Å². The third kappa shape index (κ3) is 4.37. The maximum atomic E-state index is 11.7. The second kappa shape index (κ2) is 7.49. The Morgan fingerprint density at radius 2 is 1.71 bits per heavy atom. The zero-order valence-corrected chi connectivity index (χ0v) is 12.2. The highest BCUT2D eigenvalue weighted by Gasteiger charge is 2.19. The maximum absolute atomic E-state index is 11.7. The smallest absolute Gasteiger partial charge is 0.292 e. The molecule has 0 heterocycles. The SMILES string of the molecule is O=C(/C=C/c1ccccc1)NNc1ccc([N+](=O)[O-])cc1[N+](=O)[O-]. The van der Waals surface area contributed by atoms with Crippen LogP contribution in [0.2, 0.25) is 0 Å². The summed E-state index contributed by atoms with van der Waals surface area (Å²) >= 11 is 0. The van der Waals surface area contributed by atoms with Crippen molar-refractivity contribution in [3.8, 4) is 0 Å². The quantitative estimate of drug-likeness (QED) is 0.476. The molecule has 24 heavy (non-hydrogen) atoms. The Balaban J connectivity index is 2.06. The number of hydrogen-bond donors (Lipinski definition) is 2. The van der Waals surface area contributed by atoms with Crippen LogP contribution in [-0.4, -0.2) is 15.8 Å². The zero-order chi connectivity index (χ0) is 17.5. The Labute approximate surface area is 135 Å². The molecule has 2 rings (SSSR count). The number of benzene rings is 2. The van der Waals surface area contributed by atoms with E-state index in [1.165, 1.54) is 6.08 Å². The fourth-order valence-electron chi connectivity index (χ4n) is 1.80. The van der Waals surface area contributed by atoms with E-state index in [4.69, 9.17) is 0 Å². The lowest BCUT2D eigenvalue weighted by Gasteiger charge is -2.07. The Hall–Kier alpha value is -3.75. The molecule has 0 atom stereocenters. The number of nitrogens with zero attached hydrogens (tertiary/aromatic N) is 2. The standard InChI is InChI=1S/C15H12N4O5/c20-15(9-6-11-4-2-1-3-5-11)17-16-13-8-7-12(18(21)22)10-14(13)19(23)24/h1-10,16H,(H,17,20)/b9-6+. The summed E-state index contributed by atoms with van der Waals surface area (Å²) in [5.74, 6) is -0.536. The highest BCUT2D eigenvalue weighted by molar-refractivity contribution is 5.92. The average Bonchev–Trinajstić information content (AvgIpc) is 2.58. The first-order chi connectivity index (χ1) is 11.5. The molecule has 0 aliphatic carbocycles. The topological polar surface area (TPSA) is 127 Å². The largest absolute Gasteiger partial charge is 0.300 e. The van der Waals surface area contributed by atoms with E-state index in [-0.39, 0.29) is 5.69 Å². The molecule has 0 aliphatic rings. The van der Waals surface area contributed by atoms with Crippen molar-refractivity contribution in [3.63, 3.8) is 0 Å². The molecule has 9 heteroatoms. The highest BCUT2D eigenvalue weighted by atomic mass is 16.6. The van der Waals surface area contributed by atoms with Gasteiger partial charge >= 0.3 is 5.69 Å². The van der Waals surface area contributed by atoms with Crippen LogP contribution in [0.4, 0.5) is 17.1 Å². The summed E-state index contributed by atoms with van der Waals surface area (Å²) in [7, 11) is 0. The molecule has 0 spiro atoms. The van der Waals surface area contributed by atoms with Gasteiger partial charge < -0.3 is 0 Å². The van der Waals surface area contributed by atoms with Gasteiger partial charge in [-0.05, 0) is 17.7 Å². The van der Waals surface area contributed by atoms with E-state index in [0.717, 1.165) is 23.8 Å². The number of carbonyl (C=O) groups is 1. The fraction of sp³-hybridized carbons (Fsp3) is 0. The van der Waals surface area contributed by atoms with Gasteiger partial charge in [-0.1, -0.05) is 30.3 Å². The Kier molecular flexibility index (Phi) is 5.19. The van der Waals surface area contributed by atoms with Crippen LogP contribution in [0.3, 0.4) is 0 Å². The lowest BCUT2D eigenvalue weighted by molar-refractivity contribution is -0.393. The molecule has 9 nitrogen and oxygen atoms in total. The molecule has 1 amide bonds. The number of nitrogens with one attached hydrogen (secondary N) is 2. The van der Waals surface area contributed by atoms with E-state index in [1.54, 1.807) is 18.2 Å². The summed E-state index contributed by atoms with van der Waals surface area (Å²) in [4.78, 5) is 31.8. The van der Waals surface area contributed by atoms with E-state index in [9.17, 15) is 25.0 Å². The summed E-state index contributed by atoms with van der Waals surface area (Å²) in [6.07, 6.45) is 2.82. The Morgan fingerprint density at radius 3 is 2.33 bits per heavy atom. The first-order valence-electron chi connectivity index (χ1n) is 6.69. The summed E-state index contributed by atoms with van der Waals surface area (Å²) in [5.41, 5.74) is 4.46. The number of amides is 1. The number of rotatable bonds is 6. The van der Waals surface area contributed by atoms with E-state index < -0.39 is 27.1 Å². The van der Waals surface area contributed by atoms with Gasteiger partial charge in [0.15, 0.2) is 0 Å². The average molecular weight is 328 g/mol. The number of anilines is 1. The Morgan fingerprint density at radius 1 is 1.00 bits per heavy atom. The second-order valence-electron chi connectivity index (χ2n) is 4.57. The molecule has 0 unspecified atom stereocenters. The van der Waals surface area contributed by atoms with Crippen molar-refractivity contribution in [1.82, 2.24) is 5.43 Å². The number of carbonyl (C=O) groups excluding carboxylic acids is 1. The van der Waals surface area contributed by atoms with Crippen LogP contribution in [0, 0.1) is 20.2 Å². The van der Waals surface area contributed by atoms with Crippen LogP contribution in [0.1, 0.15) is 5.56 Å². The van der Waals surface area contributed by atoms with E-state index in [0.29, 0.717) is 0 Å². The number of hydrogen-bond acceptors (Lipinski definition) is 6. The molecule has 0 fully saturated rings. The maximum Gasteiger partial charge on any atom is 0.300 e. The number of nitro groups is 2. The molecule has 0 radical (unpaired) electrons. The van der Waals surface area contributed by atoms with Crippen LogP contribution in [0.25, 0.3) is 6.08 Å². The molecule has 0 bridgehead atoms. The van der Waals surface area contributed by atoms with Gasteiger partial charge in [0.2, 0.25) is 0 Å². The van der Waals surface area contributed by atoms with Crippen LogP contribution in [-0.2, 0) is 4.79 Å². The van der Waals surface area contributed by atoms with Gasteiger partial charge in [0, 0.05) is 12.1 Å². The second-order valence-corrected chi connectivity index (χ2v) is 4.57. The van der Waals surface area contributed by atoms with Gasteiger partial charge in [0.05, 0.1) is 15.9 Å². The molecular weight excluding hydrogens is 316 g/mol. The monoisotopic (exact) mass is 328 g/mol. The van der Waals surface area contributed by atoms with Crippen LogP contribution in [0.5, 0.6) is 0 Å². The van der Waals surface area contributed by atoms with Crippen molar-refractivity contribution in [1.29, 1.82) is 0 Å². The van der Waals surface area contributed by atoms with E-state index >= 15 is 0 Å². The van der Waals surface area contributed by atoms with E-state index in [1.807, 2.05) is 18.2 Å². The first-order valence-corrected chi connectivity index (χ1v) is 6.69. The third-order valence-corrected chi connectivity index (χ3v) is 2.94. The van der Waals surface area contributed by atoms with Crippen LogP contribution >= 0.6 is 0 Å². The third-order valence-electron chi connectivity index (χ3n) is 2.94. The Bertz CT molecular complexity index is 805. The van der Waals surface area contributed by atoms with Gasteiger partial charge in [-0.15, -0.1) is 0 Å². The molecule has 2 aromatic rings. The predicted octanol–water partition coefficient (Wildman–Crippen LogP) is 2.66. The van der Waals surface area contributed by atoms with Gasteiger partial charge in [0.1, 0.15) is 5.69 Å². The molecule has 0 saturated carbocycles. The molecule has 2 N–H and O–H groups in total. The van der Waals surface area contributed by atoms with Crippen molar-refractivity contribution < 1.29 is 14.6 Å². The number of nitro benzene ring substituents is 2. The minimum Gasteiger partial charge on any atom is -0.292 e. The van der Waals surface area contributed by atoms with Gasteiger partial charge in [-0.2, -0.15) is 0 Å². The lowest BCUT2D eigenvalue weighted by atomic mass is 10.2. The zero-order valence-electron chi connectivity index (χ0n) is 12.2. The molecule has 2 aromatic carbocycles. The summed E-state index contributed by atoms with van der Waals surface area (Å²) in [6, 6.07) is 12.1. The first kappa shape index (κ1) is 16.6.